The quantitative estimate of drug-likeness (QED) is 0.790. The van der Waals surface area contributed by atoms with Gasteiger partial charge in [-0.3, -0.25) is 0 Å². The van der Waals surface area contributed by atoms with Crippen LogP contribution < -0.4 is 15.8 Å². The lowest BCUT2D eigenvalue weighted by Gasteiger charge is -2.10. The van der Waals surface area contributed by atoms with Crippen molar-refractivity contribution in [3.63, 3.8) is 0 Å². The van der Waals surface area contributed by atoms with Crippen LogP contribution in [-0.2, 0) is 0 Å². The summed E-state index contributed by atoms with van der Waals surface area (Å²) in [6.45, 7) is 2.76. The fourth-order valence-electron chi connectivity index (χ4n) is 1.45. The van der Waals surface area contributed by atoms with Crippen molar-refractivity contribution in [3.8, 4) is 5.75 Å². The highest BCUT2D eigenvalue weighted by atomic mass is 32.1. The Bertz CT molecular complexity index is 468. The molecule has 0 bridgehead atoms. The van der Waals surface area contributed by atoms with Gasteiger partial charge in [-0.15, -0.1) is 0 Å². The van der Waals surface area contributed by atoms with Crippen LogP contribution in [0, 0.1) is 0 Å². The van der Waals surface area contributed by atoms with Crippen LogP contribution in [-0.4, -0.2) is 6.61 Å². The van der Waals surface area contributed by atoms with Crippen molar-refractivity contribution in [2.45, 2.75) is 13.3 Å². The molecule has 0 aliphatic carbocycles. The van der Waals surface area contributed by atoms with Crippen molar-refractivity contribution >= 4 is 28.4 Å². The van der Waals surface area contributed by atoms with E-state index in [1.165, 1.54) is 0 Å². The van der Waals surface area contributed by atoms with Crippen LogP contribution in [0.25, 0.3) is 0 Å². The molecule has 1 aromatic heterocycles. The maximum Gasteiger partial charge on any atom is 0.144 e. The smallest absolute Gasteiger partial charge is 0.144 e. The van der Waals surface area contributed by atoms with Crippen LogP contribution in [0.2, 0.25) is 0 Å². The number of nitrogen functional groups attached to an aromatic ring is 1. The number of ether oxygens (including phenoxy) is 1. The van der Waals surface area contributed by atoms with E-state index in [0.29, 0.717) is 12.3 Å². The second-order valence-electron chi connectivity index (χ2n) is 3.74. The van der Waals surface area contributed by atoms with Crippen molar-refractivity contribution in [1.82, 2.24) is 0 Å². The average Bonchev–Trinajstić information content (AvgIpc) is 2.82. The van der Waals surface area contributed by atoms with Crippen LogP contribution in [0.5, 0.6) is 5.75 Å². The standard InChI is InChI=1S/C13H16N2OS/c1-2-6-16-13-8-10(3-4-12(13)14)15-11-5-7-17-9-11/h3-5,7-9,15H,2,6,14H2,1H3. The Morgan fingerprint density at radius 3 is 2.88 bits per heavy atom. The Balaban J connectivity index is 2.13. The molecule has 17 heavy (non-hydrogen) atoms. The number of thiophene rings is 1. The highest BCUT2D eigenvalue weighted by molar-refractivity contribution is 7.08. The third-order valence-electron chi connectivity index (χ3n) is 2.29. The SMILES string of the molecule is CCCOc1cc(Nc2ccsc2)ccc1N. The molecule has 0 unspecified atom stereocenters. The molecule has 1 heterocycles. The highest BCUT2D eigenvalue weighted by Gasteiger charge is 2.02. The van der Waals surface area contributed by atoms with Gasteiger partial charge in [0.05, 0.1) is 12.3 Å². The van der Waals surface area contributed by atoms with Crippen LogP contribution in [0.1, 0.15) is 13.3 Å². The first kappa shape index (κ1) is 11.8. The summed E-state index contributed by atoms with van der Waals surface area (Å²) in [4.78, 5) is 0. The predicted molar refractivity (Wildman–Crippen MR) is 74.2 cm³/mol. The second-order valence-corrected chi connectivity index (χ2v) is 4.52. The molecule has 0 amide bonds. The van der Waals surface area contributed by atoms with Crippen molar-refractivity contribution < 1.29 is 4.74 Å². The van der Waals surface area contributed by atoms with Gasteiger partial charge in [0.1, 0.15) is 5.75 Å². The molecule has 90 valence electrons. The first-order chi connectivity index (χ1) is 8.29. The third kappa shape index (κ3) is 3.14. The molecule has 2 rings (SSSR count). The number of benzene rings is 1. The molecular formula is C13H16N2OS. The third-order valence-corrected chi connectivity index (χ3v) is 2.97. The number of nitrogens with two attached hydrogens (primary N) is 1. The van der Waals surface area contributed by atoms with Gasteiger partial charge in [-0.25, -0.2) is 0 Å². The highest BCUT2D eigenvalue weighted by Crippen LogP contribution is 2.28. The van der Waals surface area contributed by atoms with Gasteiger partial charge in [0.25, 0.3) is 0 Å². The van der Waals surface area contributed by atoms with Crippen molar-refractivity contribution in [2.24, 2.45) is 0 Å². The number of anilines is 3. The van der Waals surface area contributed by atoms with Gasteiger partial charge in [0, 0.05) is 22.8 Å². The van der Waals surface area contributed by atoms with E-state index in [1.54, 1.807) is 11.3 Å². The summed E-state index contributed by atoms with van der Waals surface area (Å²) in [6.07, 6.45) is 0.974. The fraction of sp³-hybridized carbons (Fsp3) is 0.231. The van der Waals surface area contributed by atoms with E-state index in [9.17, 15) is 0 Å². The molecule has 1 aromatic carbocycles. The topological polar surface area (TPSA) is 47.3 Å². The van der Waals surface area contributed by atoms with E-state index < -0.39 is 0 Å². The maximum atomic E-state index is 5.85. The molecule has 0 saturated heterocycles. The van der Waals surface area contributed by atoms with Crippen molar-refractivity contribution in [3.05, 3.63) is 35.0 Å². The van der Waals surface area contributed by atoms with Crippen molar-refractivity contribution in [1.29, 1.82) is 0 Å². The Morgan fingerprint density at radius 2 is 2.18 bits per heavy atom. The molecule has 3 nitrogen and oxygen atoms in total. The molecule has 4 heteroatoms. The summed E-state index contributed by atoms with van der Waals surface area (Å²) in [5, 5.41) is 7.40. The van der Waals surface area contributed by atoms with E-state index in [0.717, 1.165) is 23.5 Å². The molecule has 0 fully saturated rings. The average molecular weight is 248 g/mol. The molecule has 0 spiro atoms. The Morgan fingerprint density at radius 1 is 1.29 bits per heavy atom. The first-order valence-corrected chi connectivity index (χ1v) is 6.55. The van der Waals surface area contributed by atoms with Gasteiger partial charge in [-0.2, -0.15) is 11.3 Å². The minimum atomic E-state index is 0.675. The van der Waals surface area contributed by atoms with E-state index in [4.69, 9.17) is 10.5 Å². The number of hydrogen-bond donors (Lipinski definition) is 2. The van der Waals surface area contributed by atoms with Crippen LogP contribution in [0.4, 0.5) is 17.1 Å². The van der Waals surface area contributed by atoms with E-state index >= 15 is 0 Å². The van der Waals surface area contributed by atoms with Gasteiger partial charge in [-0.1, -0.05) is 6.92 Å². The van der Waals surface area contributed by atoms with E-state index in [2.05, 4.69) is 17.6 Å². The van der Waals surface area contributed by atoms with Crippen molar-refractivity contribution in [2.75, 3.05) is 17.7 Å². The largest absolute Gasteiger partial charge is 0.491 e. The lowest BCUT2D eigenvalue weighted by molar-refractivity contribution is 0.319. The van der Waals surface area contributed by atoms with E-state index in [-0.39, 0.29) is 0 Å². The van der Waals surface area contributed by atoms with Crippen LogP contribution >= 0.6 is 11.3 Å². The molecule has 0 radical (unpaired) electrons. The van der Waals surface area contributed by atoms with Crippen LogP contribution in [0.3, 0.4) is 0 Å². The molecule has 3 N–H and O–H groups in total. The lowest BCUT2D eigenvalue weighted by Crippen LogP contribution is -2.00. The number of rotatable bonds is 5. The Kier molecular flexibility index (Phi) is 3.88. The summed E-state index contributed by atoms with van der Waals surface area (Å²) in [6, 6.07) is 7.78. The monoisotopic (exact) mass is 248 g/mol. The minimum Gasteiger partial charge on any atom is -0.491 e. The van der Waals surface area contributed by atoms with Gasteiger partial charge in [0.2, 0.25) is 0 Å². The minimum absolute atomic E-state index is 0.675. The summed E-state index contributed by atoms with van der Waals surface area (Å²) in [5.74, 6) is 0.743. The molecule has 0 atom stereocenters. The van der Waals surface area contributed by atoms with Gasteiger partial charge < -0.3 is 15.8 Å². The summed E-state index contributed by atoms with van der Waals surface area (Å²) < 4.78 is 5.58. The molecule has 0 aliphatic rings. The zero-order valence-corrected chi connectivity index (χ0v) is 10.6. The maximum absolute atomic E-state index is 5.85. The summed E-state index contributed by atoms with van der Waals surface area (Å²) in [7, 11) is 0. The Labute approximate surface area is 105 Å². The van der Waals surface area contributed by atoms with E-state index in [1.807, 2.05) is 29.6 Å². The lowest BCUT2D eigenvalue weighted by atomic mass is 10.2. The Hall–Kier alpha value is -1.68. The second kappa shape index (κ2) is 5.59. The molecule has 2 aromatic rings. The van der Waals surface area contributed by atoms with Crippen LogP contribution in [0.15, 0.2) is 35.0 Å². The first-order valence-electron chi connectivity index (χ1n) is 5.61. The molecule has 0 saturated carbocycles. The number of nitrogens with one attached hydrogen (secondary N) is 1. The fourth-order valence-corrected chi connectivity index (χ4v) is 2.04. The number of hydrogen-bond acceptors (Lipinski definition) is 4. The molecular weight excluding hydrogens is 232 g/mol. The summed E-state index contributed by atoms with van der Waals surface area (Å²) >= 11 is 1.66. The summed E-state index contributed by atoms with van der Waals surface area (Å²) in [5.41, 5.74) is 8.60. The van der Waals surface area contributed by atoms with Gasteiger partial charge >= 0.3 is 0 Å². The normalized spacial score (nSPS) is 10.2. The van der Waals surface area contributed by atoms with Gasteiger partial charge in [-0.05, 0) is 30.0 Å². The van der Waals surface area contributed by atoms with Gasteiger partial charge in [0.15, 0.2) is 0 Å². The zero-order chi connectivity index (χ0) is 12.1. The predicted octanol–water partition coefficient (Wildman–Crippen LogP) is 3.86. The zero-order valence-electron chi connectivity index (χ0n) is 9.77. The molecule has 0 aliphatic heterocycles.